The number of nitrogens with one attached hydrogen (secondary N) is 1. The molecule has 1 aromatic heterocycles. The van der Waals surface area contributed by atoms with E-state index >= 15 is 0 Å². The molecular weight excluding hydrogens is 388 g/mol. The van der Waals surface area contributed by atoms with Gasteiger partial charge in [0.25, 0.3) is 0 Å². The number of hydrogen-bond acceptors (Lipinski definition) is 5. The molecule has 2 aromatic carbocycles. The molecule has 8 heteroatoms. The Morgan fingerprint density at radius 3 is 2.45 bits per heavy atom. The van der Waals surface area contributed by atoms with E-state index in [1.807, 2.05) is 12.1 Å². The van der Waals surface area contributed by atoms with Gasteiger partial charge in [-0.05, 0) is 48.7 Å². The second-order valence-electron chi connectivity index (χ2n) is 7.63. The summed E-state index contributed by atoms with van der Waals surface area (Å²) in [6.07, 6.45) is 2.39. The van der Waals surface area contributed by atoms with Gasteiger partial charge >= 0.3 is 0 Å². The Kier molecular flexibility index (Phi) is 5.33. The zero-order valence-electron chi connectivity index (χ0n) is 16.9. The van der Waals surface area contributed by atoms with Crippen LogP contribution in [0.15, 0.2) is 47.4 Å². The van der Waals surface area contributed by atoms with Crippen molar-refractivity contribution in [3.63, 3.8) is 0 Å². The van der Waals surface area contributed by atoms with E-state index in [0.29, 0.717) is 12.6 Å². The molecular formula is C21H26N4O3S. The number of methoxy groups -OCH3 is 1. The second-order valence-corrected chi connectivity index (χ2v) is 9.79. The normalized spacial score (nSPS) is 14.8. The Labute approximate surface area is 171 Å². The topological polar surface area (TPSA) is 78.5 Å². The first-order valence-corrected chi connectivity index (χ1v) is 11.1. The fraction of sp³-hybridized carbons (Fsp3) is 0.381. The van der Waals surface area contributed by atoms with Crippen LogP contribution in [0.2, 0.25) is 0 Å². The van der Waals surface area contributed by atoms with Gasteiger partial charge in [-0.25, -0.2) is 17.7 Å². The van der Waals surface area contributed by atoms with Crippen molar-refractivity contribution in [3.05, 3.63) is 53.9 Å². The Morgan fingerprint density at radius 2 is 1.83 bits per heavy atom. The van der Waals surface area contributed by atoms with Crippen molar-refractivity contribution in [1.29, 1.82) is 0 Å². The first-order chi connectivity index (χ1) is 13.9. The molecule has 1 aliphatic rings. The van der Waals surface area contributed by atoms with Crippen LogP contribution in [0.3, 0.4) is 0 Å². The molecule has 154 valence electrons. The Hall–Kier alpha value is -2.42. The maximum Gasteiger partial charge on any atom is 0.242 e. The number of ether oxygens (including phenoxy) is 1. The van der Waals surface area contributed by atoms with Gasteiger partial charge in [0, 0.05) is 26.7 Å². The lowest BCUT2D eigenvalue weighted by Crippen LogP contribution is -2.25. The highest BCUT2D eigenvalue weighted by atomic mass is 32.2. The zero-order chi connectivity index (χ0) is 20.6. The molecule has 1 aliphatic carbocycles. The molecule has 0 atom stereocenters. The summed E-state index contributed by atoms with van der Waals surface area (Å²) < 4.78 is 31.2. The minimum Gasteiger partial charge on any atom is -0.497 e. The number of nitrogens with zero attached hydrogens (tertiary/aromatic N) is 3. The van der Waals surface area contributed by atoms with Crippen molar-refractivity contribution in [2.45, 2.75) is 36.9 Å². The molecule has 0 spiro atoms. The lowest BCUT2D eigenvalue weighted by Gasteiger charge is -2.21. The molecule has 0 aliphatic heterocycles. The number of benzene rings is 2. The Morgan fingerprint density at radius 1 is 1.10 bits per heavy atom. The number of aromatic nitrogens is 2. The second kappa shape index (κ2) is 7.78. The number of rotatable bonds is 8. The van der Waals surface area contributed by atoms with Gasteiger partial charge in [-0.3, -0.25) is 4.90 Å². The molecule has 0 unspecified atom stereocenters. The summed E-state index contributed by atoms with van der Waals surface area (Å²) in [5.41, 5.74) is 2.74. The number of imidazole rings is 1. The van der Waals surface area contributed by atoms with Crippen molar-refractivity contribution in [1.82, 2.24) is 19.2 Å². The van der Waals surface area contributed by atoms with E-state index in [2.05, 4.69) is 27.0 Å². The first kappa shape index (κ1) is 19.9. The number of aromatic amines is 1. The quantitative estimate of drug-likeness (QED) is 0.613. The molecule has 7 nitrogen and oxygen atoms in total. The van der Waals surface area contributed by atoms with Crippen LogP contribution in [0.1, 0.15) is 24.2 Å². The van der Waals surface area contributed by atoms with E-state index in [9.17, 15) is 8.42 Å². The van der Waals surface area contributed by atoms with Crippen molar-refractivity contribution >= 4 is 21.1 Å². The molecule has 1 heterocycles. The maximum absolute atomic E-state index is 12.4. The van der Waals surface area contributed by atoms with Gasteiger partial charge < -0.3 is 9.72 Å². The highest BCUT2D eigenvalue weighted by Crippen LogP contribution is 2.30. The SMILES string of the molecule is COc1ccc(CN(Cc2nc3ccc(S(=O)(=O)N(C)C)cc3[nH]2)C2CC2)cc1. The third kappa shape index (κ3) is 4.29. The molecule has 0 radical (unpaired) electrons. The molecule has 29 heavy (non-hydrogen) atoms. The van der Waals surface area contributed by atoms with Gasteiger partial charge in [-0.15, -0.1) is 0 Å². The molecule has 1 saturated carbocycles. The van der Waals surface area contributed by atoms with Crippen molar-refractivity contribution in [3.8, 4) is 5.75 Å². The van der Waals surface area contributed by atoms with Gasteiger partial charge in [0.15, 0.2) is 0 Å². The van der Waals surface area contributed by atoms with Crippen LogP contribution in [-0.2, 0) is 23.1 Å². The van der Waals surface area contributed by atoms with Crippen LogP contribution in [0, 0.1) is 0 Å². The number of fused-ring (bicyclic) bond motifs is 1. The molecule has 0 bridgehead atoms. The molecule has 1 fully saturated rings. The molecule has 4 rings (SSSR count). The zero-order valence-corrected chi connectivity index (χ0v) is 17.7. The largest absolute Gasteiger partial charge is 0.497 e. The van der Waals surface area contributed by atoms with Gasteiger partial charge in [0.2, 0.25) is 10.0 Å². The lowest BCUT2D eigenvalue weighted by molar-refractivity contribution is 0.240. The molecule has 1 N–H and O–H groups in total. The molecule has 3 aromatic rings. The lowest BCUT2D eigenvalue weighted by atomic mass is 10.2. The van der Waals surface area contributed by atoms with Crippen molar-refractivity contribution in [2.75, 3.05) is 21.2 Å². The number of H-pyrrole nitrogens is 1. The third-order valence-corrected chi connectivity index (χ3v) is 7.05. The van der Waals surface area contributed by atoms with E-state index in [4.69, 9.17) is 4.74 Å². The van der Waals surface area contributed by atoms with Gasteiger partial charge in [-0.1, -0.05) is 12.1 Å². The van der Waals surface area contributed by atoms with E-state index in [1.54, 1.807) is 25.3 Å². The summed E-state index contributed by atoms with van der Waals surface area (Å²) in [7, 11) is 1.27. The summed E-state index contributed by atoms with van der Waals surface area (Å²) >= 11 is 0. The summed E-state index contributed by atoms with van der Waals surface area (Å²) in [6.45, 7) is 1.53. The average molecular weight is 415 g/mol. The van der Waals surface area contributed by atoms with Crippen LogP contribution >= 0.6 is 0 Å². The van der Waals surface area contributed by atoms with E-state index in [-0.39, 0.29) is 4.90 Å². The fourth-order valence-electron chi connectivity index (χ4n) is 3.40. The van der Waals surface area contributed by atoms with Crippen LogP contribution in [0.4, 0.5) is 0 Å². The summed E-state index contributed by atoms with van der Waals surface area (Å²) in [5.74, 6) is 1.70. The van der Waals surface area contributed by atoms with E-state index < -0.39 is 10.0 Å². The summed E-state index contributed by atoms with van der Waals surface area (Å²) in [5, 5.41) is 0. The van der Waals surface area contributed by atoms with Crippen molar-refractivity contribution < 1.29 is 13.2 Å². The molecule has 0 amide bonds. The Bertz CT molecular complexity index is 1100. The third-order valence-electron chi connectivity index (χ3n) is 5.24. The Balaban J connectivity index is 1.55. The fourth-order valence-corrected chi connectivity index (χ4v) is 4.33. The first-order valence-electron chi connectivity index (χ1n) is 9.65. The van der Waals surface area contributed by atoms with Crippen molar-refractivity contribution in [2.24, 2.45) is 0 Å². The summed E-state index contributed by atoms with van der Waals surface area (Å²) in [6, 6.07) is 13.7. The predicted octanol–water partition coefficient (Wildman–Crippen LogP) is 2.99. The summed E-state index contributed by atoms with van der Waals surface area (Å²) in [4.78, 5) is 10.7. The number of hydrogen-bond donors (Lipinski definition) is 1. The van der Waals surface area contributed by atoms with Gasteiger partial charge in [-0.2, -0.15) is 0 Å². The number of sulfonamides is 1. The van der Waals surface area contributed by atoms with Crippen LogP contribution in [-0.4, -0.2) is 54.8 Å². The standard InChI is InChI=1S/C21H26N4O3S/c1-24(2)29(26,27)18-10-11-19-20(12-18)23-21(22-19)14-25(16-6-7-16)13-15-4-8-17(28-3)9-5-15/h4-5,8-12,16H,6-7,13-14H2,1-3H3,(H,22,23). The van der Waals surface area contributed by atoms with E-state index in [1.165, 1.54) is 36.8 Å². The smallest absolute Gasteiger partial charge is 0.242 e. The van der Waals surface area contributed by atoms with Gasteiger partial charge in [0.1, 0.15) is 11.6 Å². The highest BCUT2D eigenvalue weighted by molar-refractivity contribution is 7.89. The maximum atomic E-state index is 12.4. The van der Waals surface area contributed by atoms with Crippen LogP contribution < -0.4 is 4.74 Å². The van der Waals surface area contributed by atoms with Crippen LogP contribution in [0.5, 0.6) is 5.75 Å². The van der Waals surface area contributed by atoms with Gasteiger partial charge in [0.05, 0.1) is 29.6 Å². The monoisotopic (exact) mass is 414 g/mol. The van der Waals surface area contributed by atoms with E-state index in [0.717, 1.165) is 29.2 Å². The molecule has 0 saturated heterocycles. The predicted molar refractivity (Wildman–Crippen MR) is 112 cm³/mol. The highest BCUT2D eigenvalue weighted by Gasteiger charge is 2.29. The average Bonchev–Trinajstić information content (AvgIpc) is 3.47. The minimum atomic E-state index is -3.47. The minimum absolute atomic E-state index is 0.266. The van der Waals surface area contributed by atoms with Crippen LogP contribution in [0.25, 0.3) is 11.0 Å².